The molecule has 0 fully saturated rings. The summed E-state index contributed by atoms with van der Waals surface area (Å²) in [5.41, 5.74) is -0.103. The van der Waals surface area contributed by atoms with Crippen LogP contribution < -0.4 is 0 Å². The monoisotopic (exact) mass is 296 g/mol. The molecule has 2 rings (SSSR count). The zero-order valence-electron chi connectivity index (χ0n) is 6.73. The Hall–Kier alpha value is -0.190. The van der Waals surface area contributed by atoms with Gasteiger partial charge < -0.3 is 0 Å². The van der Waals surface area contributed by atoms with Crippen LogP contribution in [-0.2, 0) is 0 Å². The molecule has 0 aliphatic heterocycles. The third kappa shape index (κ3) is 1.66. The van der Waals surface area contributed by atoms with Gasteiger partial charge in [0, 0.05) is 5.56 Å². The van der Waals surface area contributed by atoms with E-state index in [1.807, 2.05) is 6.07 Å². The van der Waals surface area contributed by atoms with Gasteiger partial charge in [-0.3, -0.25) is 0 Å². The molecule has 0 amide bonds. The molecule has 0 N–H and O–H groups in total. The van der Waals surface area contributed by atoms with Crippen LogP contribution in [0.4, 0.5) is 8.78 Å². The summed E-state index contributed by atoms with van der Waals surface area (Å²) in [7, 11) is 0. The number of thiophene rings is 1. The molecule has 0 radical (unpaired) electrons. The van der Waals surface area contributed by atoms with Crippen LogP contribution in [0.1, 0.15) is 12.0 Å². The summed E-state index contributed by atoms with van der Waals surface area (Å²) in [6.07, 6.45) is -2.52. The van der Waals surface area contributed by atoms with Gasteiger partial charge in [-0.15, -0.1) is 11.3 Å². The van der Waals surface area contributed by atoms with Crippen LogP contribution in [0.3, 0.4) is 0 Å². The number of alkyl halides is 2. The van der Waals surface area contributed by atoms with E-state index in [2.05, 4.69) is 15.9 Å². The molecule has 1 heterocycles. The quantitative estimate of drug-likeness (QED) is 0.674. The molecule has 0 bridgehead atoms. The first-order chi connectivity index (χ1) is 6.59. The molecule has 5 heteroatoms. The molecule has 14 heavy (non-hydrogen) atoms. The summed E-state index contributed by atoms with van der Waals surface area (Å²) in [6.45, 7) is 0. The van der Waals surface area contributed by atoms with Gasteiger partial charge in [0.15, 0.2) is 0 Å². The maximum Gasteiger partial charge on any atom is 0.265 e. The topological polar surface area (TPSA) is 0 Å². The smallest absolute Gasteiger partial charge is 0.205 e. The lowest BCUT2D eigenvalue weighted by atomic mass is 10.2. The van der Waals surface area contributed by atoms with Crippen molar-refractivity contribution in [3.05, 3.63) is 32.6 Å². The zero-order valence-corrected chi connectivity index (χ0v) is 9.89. The first kappa shape index (κ1) is 10.3. The molecule has 0 nitrogen and oxygen atoms in total. The fourth-order valence-electron chi connectivity index (χ4n) is 1.22. The van der Waals surface area contributed by atoms with E-state index < -0.39 is 6.43 Å². The average molecular weight is 298 g/mol. The highest BCUT2D eigenvalue weighted by Crippen LogP contribution is 2.39. The summed E-state index contributed by atoms with van der Waals surface area (Å²) in [6, 6.07) is 4.89. The second-order valence-electron chi connectivity index (χ2n) is 2.74. The first-order valence-corrected chi connectivity index (χ1v) is 5.74. The molecule has 0 aliphatic rings. The van der Waals surface area contributed by atoms with Crippen LogP contribution in [0.5, 0.6) is 0 Å². The van der Waals surface area contributed by atoms with E-state index >= 15 is 0 Å². The highest BCUT2D eigenvalue weighted by atomic mass is 79.9. The van der Waals surface area contributed by atoms with E-state index in [1.54, 1.807) is 6.07 Å². The minimum atomic E-state index is -2.52. The molecule has 0 saturated heterocycles. The number of halogens is 4. The van der Waals surface area contributed by atoms with Crippen molar-refractivity contribution in [1.29, 1.82) is 0 Å². The summed E-state index contributed by atoms with van der Waals surface area (Å²) in [4.78, 5) is 0. The number of hydrogen-bond acceptors (Lipinski definition) is 1. The molecule has 0 spiro atoms. The van der Waals surface area contributed by atoms with Gasteiger partial charge in [-0.1, -0.05) is 23.7 Å². The fraction of sp³-hybridized carbons (Fsp3) is 0.111. The van der Waals surface area contributed by atoms with Crippen molar-refractivity contribution in [2.45, 2.75) is 6.43 Å². The Morgan fingerprint density at radius 3 is 2.71 bits per heavy atom. The minimum absolute atomic E-state index is 0.103. The summed E-state index contributed by atoms with van der Waals surface area (Å²) >= 11 is 10.5. The fourth-order valence-corrected chi connectivity index (χ4v) is 3.16. The van der Waals surface area contributed by atoms with Crippen LogP contribution in [0.25, 0.3) is 10.1 Å². The molecule has 0 atom stereocenters. The number of benzene rings is 1. The zero-order chi connectivity index (χ0) is 10.3. The van der Waals surface area contributed by atoms with Crippen LogP contribution in [0.15, 0.2) is 22.0 Å². The van der Waals surface area contributed by atoms with Crippen LogP contribution in [-0.4, -0.2) is 0 Å². The second-order valence-corrected chi connectivity index (χ2v) is 5.55. The van der Waals surface area contributed by atoms with Crippen molar-refractivity contribution in [1.82, 2.24) is 0 Å². The summed E-state index contributed by atoms with van der Waals surface area (Å²) < 4.78 is 26.5. The molecule has 0 saturated carbocycles. The Morgan fingerprint density at radius 2 is 2.07 bits per heavy atom. The van der Waals surface area contributed by atoms with Crippen molar-refractivity contribution in [2.75, 3.05) is 0 Å². The lowest BCUT2D eigenvalue weighted by molar-refractivity contribution is 0.151. The van der Waals surface area contributed by atoms with Gasteiger partial charge in [0.05, 0.1) is 13.5 Å². The van der Waals surface area contributed by atoms with E-state index in [1.165, 1.54) is 17.4 Å². The predicted molar refractivity (Wildman–Crippen MR) is 59.5 cm³/mol. The molecule has 0 aliphatic carbocycles. The largest absolute Gasteiger partial charge is 0.265 e. The average Bonchev–Trinajstić information content (AvgIpc) is 2.46. The van der Waals surface area contributed by atoms with Crippen molar-refractivity contribution in [3.63, 3.8) is 0 Å². The Kier molecular flexibility index (Phi) is 2.77. The third-order valence-corrected chi connectivity index (χ3v) is 4.05. The van der Waals surface area contributed by atoms with E-state index in [4.69, 9.17) is 11.6 Å². The van der Waals surface area contributed by atoms with Gasteiger partial charge in [0.1, 0.15) is 0 Å². The highest BCUT2D eigenvalue weighted by Gasteiger charge is 2.15. The number of hydrogen-bond donors (Lipinski definition) is 0. The second kappa shape index (κ2) is 3.76. The SMILES string of the molecule is FC(F)c1ccc2cc(Br)sc2c1Cl. The Labute approximate surface area is 96.6 Å². The van der Waals surface area contributed by atoms with Crippen molar-refractivity contribution in [2.24, 2.45) is 0 Å². The molecule has 74 valence electrons. The molecule has 1 aromatic heterocycles. The Morgan fingerprint density at radius 1 is 1.36 bits per heavy atom. The van der Waals surface area contributed by atoms with Crippen molar-refractivity contribution in [3.8, 4) is 0 Å². The van der Waals surface area contributed by atoms with Gasteiger partial charge >= 0.3 is 0 Å². The summed E-state index contributed by atoms with van der Waals surface area (Å²) in [5.74, 6) is 0. The predicted octanol–water partition coefficient (Wildman–Crippen LogP) is 5.25. The van der Waals surface area contributed by atoms with E-state index in [0.717, 1.165) is 9.17 Å². The standard InChI is InChI=1S/C9H4BrClF2S/c10-6-3-4-1-2-5(9(12)13)7(11)8(4)14-6/h1-3,9H. The normalized spacial score (nSPS) is 11.5. The van der Waals surface area contributed by atoms with Crippen molar-refractivity contribution < 1.29 is 8.78 Å². The minimum Gasteiger partial charge on any atom is -0.205 e. The molecular weight excluding hydrogens is 294 g/mol. The van der Waals surface area contributed by atoms with Crippen LogP contribution in [0, 0.1) is 0 Å². The molecule has 0 unspecified atom stereocenters. The van der Waals surface area contributed by atoms with Gasteiger partial charge in [0.2, 0.25) is 0 Å². The van der Waals surface area contributed by atoms with Gasteiger partial charge in [0.25, 0.3) is 6.43 Å². The third-order valence-electron chi connectivity index (χ3n) is 1.86. The van der Waals surface area contributed by atoms with E-state index in [0.29, 0.717) is 4.70 Å². The Bertz CT molecular complexity index is 481. The Balaban J connectivity index is 2.74. The lowest BCUT2D eigenvalue weighted by Crippen LogP contribution is -1.84. The van der Waals surface area contributed by atoms with Crippen molar-refractivity contribution >= 4 is 49.0 Å². The van der Waals surface area contributed by atoms with Gasteiger partial charge in [-0.05, 0) is 27.4 Å². The van der Waals surface area contributed by atoms with Crippen LogP contribution in [0.2, 0.25) is 5.02 Å². The molecule has 2 aromatic rings. The maximum atomic E-state index is 12.5. The van der Waals surface area contributed by atoms with Crippen LogP contribution >= 0.6 is 38.9 Å². The number of rotatable bonds is 1. The van der Waals surface area contributed by atoms with E-state index in [-0.39, 0.29) is 10.6 Å². The lowest BCUT2D eigenvalue weighted by Gasteiger charge is -2.02. The van der Waals surface area contributed by atoms with Gasteiger partial charge in [-0.2, -0.15) is 0 Å². The number of fused-ring (bicyclic) bond motifs is 1. The maximum absolute atomic E-state index is 12.5. The highest BCUT2D eigenvalue weighted by molar-refractivity contribution is 9.11. The van der Waals surface area contributed by atoms with Gasteiger partial charge in [-0.25, -0.2) is 8.78 Å². The summed E-state index contributed by atoms with van der Waals surface area (Å²) in [5, 5.41) is 1.05. The molecule has 1 aromatic carbocycles. The first-order valence-electron chi connectivity index (χ1n) is 3.75. The van der Waals surface area contributed by atoms with E-state index in [9.17, 15) is 8.78 Å². The molecular formula is C9H4BrClF2S.